The molecule has 0 atom stereocenters. The van der Waals surface area contributed by atoms with Gasteiger partial charge in [-0.05, 0) is 145 Å². The predicted molar refractivity (Wildman–Crippen MR) is 541 cm³/mol. The van der Waals surface area contributed by atoms with Gasteiger partial charge in [0.2, 0.25) is 23.3 Å². The number of aromatic carboxylic acids is 1. The van der Waals surface area contributed by atoms with Gasteiger partial charge in [0.15, 0.2) is 11.5 Å². The Bertz CT molecular complexity index is 8030. The van der Waals surface area contributed by atoms with Crippen LogP contribution in [0.1, 0.15) is 57.8 Å². The molecule has 33 heteroatoms. The molecule has 0 saturated heterocycles. The van der Waals surface area contributed by atoms with Crippen molar-refractivity contribution in [3.8, 4) is 79.2 Å². The average Bonchev–Trinajstić information content (AvgIpc) is 1.58. The maximum atomic E-state index is 14.1. The maximum absolute atomic E-state index is 14.1. The second-order valence-corrected chi connectivity index (χ2v) is 33.5. The number of nitrogens with zero attached hydrogens (tertiary/aromatic N) is 16. The number of halogens is 7. The Hall–Kier alpha value is -13.6. The second kappa shape index (κ2) is 53.3. The van der Waals surface area contributed by atoms with E-state index in [4.69, 9.17) is 15.2 Å². The van der Waals surface area contributed by atoms with Crippen molar-refractivity contribution in [2.24, 2.45) is 0 Å². The van der Waals surface area contributed by atoms with Crippen LogP contribution in [0.15, 0.2) is 340 Å². The van der Waals surface area contributed by atoms with E-state index in [-0.39, 0.29) is 177 Å². The number of hydrogen-bond acceptors (Lipinski definition) is 14. The molecule has 9 aromatic carbocycles. The quantitative estimate of drug-likeness (QED) is 0.0196. The van der Waals surface area contributed by atoms with E-state index in [1.165, 1.54) is 115 Å². The number of aromatic nitrogens is 14. The molecular formula is C115H90F7Ir4N16O4Pt2-3. The van der Waals surface area contributed by atoms with Crippen molar-refractivity contribution in [2.45, 2.75) is 54.6 Å². The maximum Gasteiger partial charge on any atom is 2.00 e. The molecule has 0 bridgehead atoms. The number of rotatable bonds is 14. The number of pyridine rings is 9. The fourth-order valence-corrected chi connectivity index (χ4v) is 15.8. The SMILES string of the molecule is CC(=O)C=C(C)O.C[N+](C)(c1cccc(-c2[c-]cc(F)nc2F)n1)c1cccc(-n2[c-]cc(C(F)(F)F)n2)n1.C[N+](C)(c1cccc(C(=O)O)n1)c1cccc(-c2[c-]cc(F)nc2F)n1.Cc1ccc2c(c1)c1ccc[c-]c1c1ncc(-c3c(C)cccc3C)n21.Cc1cccc(C)c1-n1ccnc1-c1[c-]cccc1.[Ir].[Ir].[Ir].[Ir].[Pt+2].[Pt].[c-]1ccccc1-c1nccc2ccccc12.[c-]1ccccc1-c1nccc2ccccc12. The van der Waals surface area contributed by atoms with Crippen LogP contribution >= 0.6 is 0 Å². The molecule has 0 unspecified atom stereocenters. The number of carboxylic acid groups (broad SMARTS) is 1. The Morgan fingerprint density at radius 3 is 1.39 bits per heavy atom. The van der Waals surface area contributed by atoms with Crippen LogP contribution in [-0.4, -0.2) is 119 Å². The average molecular weight is 3050 g/mol. The third kappa shape index (κ3) is 28.3. The van der Waals surface area contributed by atoms with Crippen molar-refractivity contribution in [3.63, 3.8) is 0 Å². The molecule has 12 heterocycles. The third-order valence-corrected chi connectivity index (χ3v) is 22.7. The van der Waals surface area contributed by atoms with E-state index in [1.54, 1.807) is 82.8 Å². The van der Waals surface area contributed by atoms with Crippen LogP contribution in [0.2, 0.25) is 0 Å². The van der Waals surface area contributed by atoms with Crippen LogP contribution in [0.3, 0.4) is 0 Å². The summed E-state index contributed by atoms with van der Waals surface area (Å²) in [6, 6.07) is 110. The molecule has 148 heavy (non-hydrogen) atoms. The molecule has 4 radical (unpaired) electrons. The number of hydrogen-bond donors (Lipinski definition) is 2. The Kier molecular flexibility index (Phi) is 42.5. The number of carbonyl (C=O) groups excluding carboxylic acids is 1. The Morgan fingerprint density at radius 2 is 0.912 bits per heavy atom. The summed E-state index contributed by atoms with van der Waals surface area (Å²) >= 11 is 0. The van der Waals surface area contributed by atoms with Crippen LogP contribution in [0, 0.1) is 101 Å². The van der Waals surface area contributed by atoms with E-state index in [2.05, 4.69) is 227 Å². The summed E-state index contributed by atoms with van der Waals surface area (Å²) in [5, 5.41) is 29.3. The normalized spacial score (nSPS) is 10.9. The first-order valence-corrected chi connectivity index (χ1v) is 44.5. The number of aliphatic hydroxyl groups is 1. The Morgan fingerprint density at radius 1 is 0.446 bits per heavy atom. The largest absolute Gasteiger partial charge is 2.00 e. The number of allylic oxidation sites excluding steroid dienone is 2. The van der Waals surface area contributed by atoms with Crippen molar-refractivity contribution >= 4 is 83.9 Å². The smallest absolute Gasteiger partial charge is 0.512 e. The summed E-state index contributed by atoms with van der Waals surface area (Å²) in [6.07, 6.45) is 8.51. The second-order valence-electron chi connectivity index (χ2n) is 33.5. The van der Waals surface area contributed by atoms with Crippen molar-refractivity contribution in [1.82, 2.24) is 77.6 Å². The Balaban J connectivity index is 0.000000196. The Labute approximate surface area is 933 Å². The van der Waals surface area contributed by atoms with Gasteiger partial charge in [0, 0.05) is 180 Å². The predicted octanol–water partition coefficient (Wildman–Crippen LogP) is 26.1. The van der Waals surface area contributed by atoms with E-state index in [1.807, 2.05) is 146 Å². The number of carbonyl (C=O) groups is 2. The first kappa shape index (κ1) is 118. The van der Waals surface area contributed by atoms with Crippen molar-refractivity contribution in [1.29, 1.82) is 0 Å². The fraction of sp³-hybridized carbons (Fsp3) is 0.104. The number of para-hydroxylation sites is 1. The van der Waals surface area contributed by atoms with Crippen LogP contribution < -0.4 is 8.97 Å². The van der Waals surface area contributed by atoms with Gasteiger partial charge in [-0.2, -0.15) is 18.2 Å². The first-order chi connectivity index (χ1) is 68.3. The number of benzene rings is 9. The topological polar surface area (TPSA) is 231 Å². The number of ketones is 1. The zero-order valence-electron chi connectivity index (χ0n) is 80.7. The van der Waals surface area contributed by atoms with E-state index >= 15 is 0 Å². The van der Waals surface area contributed by atoms with Crippen molar-refractivity contribution in [2.75, 3.05) is 28.2 Å². The van der Waals surface area contributed by atoms with Gasteiger partial charge in [-0.25, -0.2) is 46.3 Å². The fourth-order valence-electron chi connectivity index (χ4n) is 15.8. The van der Waals surface area contributed by atoms with Gasteiger partial charge in [-0.1, -0.05) is 180 Å². The third-order valence-electron chi connectivity index (χ3n) is 22.7. The number of aryl methyl sites for hydroxylation is 5. The molecule has 0 fully saturated rings. The summed E-state index contributed by atoms with van der Waals surface area (Å²) in [5.41, 5.74) is 16.2. The molecule has 0 aliphatic carbocycles. The van der Waals surface area contributed by atoms with Crippen LogP contribution in [0.4, 0.5) is 54.0 Å². The summed E-state index contributed by atoms with van der Waals surface area (Å²) in [7, 11) is 7.02. The first-order valence-electron chi connectivity index (χ1n) is 44.5. The summed E-state index contributed by atoms with van der Waals surface area (Å²) in [4.78, 5) is 63.0. The molecule has 0 spiro atoms. The zero-order valence-corrected chi connectivity index (χ0v) is 94.9. The van der Waals surface area contributed by atoms with Gasteiger partial charge in [0.25, 0.3) is 0 Å². The number of imidazole rings is 2. The molecule has 12 aromatic heterocycles. The van der Waals surface area contributed by atoms with Crippen molar-refractivity contribution < 1.29 is 173 Å². The van der Waals surface area contributed by atoms with E-state index in [0.717, 1.165) is 73.5 Å². The number of alkyl halides is 3. The number of aliphatic hydroxyl groups excluding tert-OH is 1. The zero-order chi connectivity index (χ0) is 101. The minimum Gasteiger partial charge on any atom is -0.512 e. The standard InChI is InChI=1S/C24H19N2.C21H14F5N6.C18H14F2N4O2.C17H15N2.2C15H10N.C5H8O2.4Ir.2Pt/c1-15-11-12-21-20(13-15)18-9-4-5-10-19(18)24-25-14-22(26(21)24)23-16(2)7-6-8-17(23)3;1-32(2,18-7-3-5-14(27-18)13-9-10-16(22)28-20(13)23)19-8-4-6-17(29-19)31-12-11-15(30-31)21(24,25)26;1-24(2,16-8-4-6-13(22-16)18(25)26)15-7-3-5-12(21-15)11-9-10-14(19)23-17(11)20;1-13-7-6-8-14(2)16(13)19-12-11-18-17(19)15-9-4-3-5-10-15;2*1-2-7-13(8-3-1)15-14-9-5-4-6-12(14)10-11-16-15;1-4(6)3-5(2)7;;;;;;/h4-9,11-14H,1-3H3;3-8,10-11H,1-2H3;3-8,10H,1-2H3,(H,25,26);3-9,11-12H,1-2H3;2*1-7,9-11H;3,6H,1-2H3;;;;;;/q2*-1;;3*-1;;;;;;;+2. The molecule has 0 saturated carbocycles. The van der Waals surface area contributed by atoms with Crippen LogP contribution in [0.25, 0.3) is 128 Å². The van der Waals surface area contributed by atoms with Crippen LogP contribution in [0.5, 0.6) is 0 Å². The van der Waals surface area contributed by atoms with Gasteiger partial charge in [0.1, 0.15) is 23.8 Å². The monoisotopic (exact) mass is 3050 g/mol. The van der Waals surface area contributed by atoms with Gasteiger partial charge >= 0.3 is 33.2 Å². The van der Waals surface area contributed by atoms with E-state index in [0.29, 0.717) is 23.3 Å². The van der Waals surface area contributed by atoms with Gasteiger partial charge in [0.05, 0.1) is 62.6 Å². The molecule has 21 aromatic rings. The summed E-state index contributed by atoms with van der Waals surface area (Å²) < 4.78 is 98.0. The summed E-state index contributed by atoms with van der Waals surface area (Å²) in [6.45, 7) is 13.6. The molecule has 0 aliphatic rings. The van der Waals surface area contributed by atoms with Crippen LogP contribution in [-0.2, 0) is 134 Å². The van der Waals surface area contributed by atoms with Gasteiger partial charge in [-0.15, -0.1) is 156 Å². The van der Waals surface area contributed by atoms with Gasteiger partial charge < -0.3 is 33.8 Å². The van der Waals surface area contributed by atoms with Gasteiger partial charge in [-0.3, -0.25) is 29.8 Å². The number of quaternary nitrogens is 2. The number of carboxylic acids is 1. The minimum atomic E-state index is -4.60. The molecule has 20 nitrogen and oxygen atoms in total. The summed E-state index contributed by atoms with van der Waals surface area (Å²) in [5.74, 6) is -2.38. The van der Waals surface area contributed by atoms with E-state index in [9.17, 15) is 40.3 Å². The minimum absolute atomic E-state index is 0. The molecule has 2 N–H and O–H groups in total. The van der Waals surface area contributed by atoms with Crippen molar-refractivity contribution in [3.05, 3.63) is 446 Å². The molecular weight excluding hydrogens is 2960 g/mol. The van der Waals surface area contributed by atoms with E-state index < -0.39 is 41.6 Å². The molecule has 0 amide bonds. The number of fused-ring (bicyclic) bond motifs is 8. The molecule has 762 valence electrons. The molecule has 0 aliphatic heterocycles. The molecule has 21 rings (SSSR count).